The van der Waals surface area contributed by atoms with E-state index in [2.05, 4.69) is 15.5 Å². The Morgan fingerprint density at radius 1 is 1.26 bits per heavy atom. The number of nitro benzene ring substituents is 1. The van der Waals surface area contributed by atoms with Gasteiger partial charge in [-0.15, -0.1) is 10.2 Å². The topological polar surface area (TPSA) is 118 Å². The SMILES string of the molecule is Cc1ccc(C(=O)Nc2nnc(SCC(=O)N3CCc4ccccc43)s2)cc1[N+](=O)[O-]. The van der Waals surface area contributed by atoms with Crippen LogP contribution in [0.5, 0.6) is 0 Å². The molecular weight excluding hydrogens is 438 g/mol. The van der Waals surface area contributed by atoms with Crippen LogP contribution in [0.1, 0.15) is 21.5 Å². The normalized spacial score (nSPS) is 12.5. The number of amides is 2. The summed E-state index contributed by atoms with van der Waals surface area (Å²) in [6.45, 7) is 2.27. The Kier molecular flexibility index (Phi) is 5.96. The van der Waals surface area contributed by atoms with Gasteiger partial charge in [-0.25, -0.2) is 0 Å². The van der Waals surface area contributed by atoms with Crippen LogP contribution in [0.15, 0.2) is 46.8 Å². The summed E-state index contributed by atoms with van der Waals surface area (Å²) in [7, 11) is 0. The van der Waals surface area contributed by atoms with Crippen molar-refractivity contribution in [3.8, 4) is 0 Å². The van der Waals surface area contributed by atoms with Crippen molar-refractivity contribution in [1.29, 1.82) is 0 Å². The van der Waals surface area contributed by atoms with E-state index in [1.165, 1.54) is 30.0 Å². The molecule has 1 N–H and O–H groups in total. The van der Waals surface area contributed by atoms with Crippen LogP contribution in [0.3, 0.4) is 0 Å². The van der Waals surface area contributed by atoms with Gasteiger partial charge in [-0.05, 0) is 31.0 Å². The first-order valence-corrected chi connectivity index (χ1v) is 11.1. The van der Waals surface area contributed by atoms with Crippen molar-refractivity contribution in [3.63, 3.8) is 0 Å². The van der Waals surface area contributed by atoms with E-state index < -0.39 is 10.8 Å². The molecule has 158 valence electrons. The summed E-state index contributed by atoms with van der Waals surface area (Å²) in [6.07, 6.45) is 0.846. The lowest BCUT2D eigenvalue weighted by atomic mass is 10.1. The van der Waals surface area contributed by atoms with Crippen LogP contribution in [-0.4, -0.2) is 39.2 Å². The number of nitro groups is 1. The van der Waals surface area contributed by atoms with Gasteiger partial charge in [-0.3, -0.25) is 25.0 Å². The van der Waals surface area contributed by atoms with E-state index in [9.17, 15) is 19.7 Å². The molecule has 0 bridgehead atoms. The average molecular weight is 456 g/mol. The van der Waals surface area contributed by atoms with Crippen LogP contribution in [0.4, 0.5) is 16.5 Å². The van der Waals surface area contributed by atoms with Crippen LogP contribution in [-0.2, 0) is 11.2 Å². The number of para-hydroxylation sites is 1. The number of thioether (sulfide) groups is 1. The Balaban J connectivity index is 1.36. The molecule has 0 aliphatic carbocycles. The number of hydrogen-bond donors (Lipinski definition) is 1. The standard InChI is InChI=1S/C20H17N5O4S2/c1-12-6-7-14(10-16(12)25(28)29)18(27)21-19-22-23-20(31-19)30-11-17(26)24-9-8-13-4-2-3-5-15(13)24/h2-7,10H,8-9,11H2,1H3,(H,21,22,27). The predicted molar refractivity (Wildman–Crippen MR) is 119 cm³/mol. The van der Waals surface area contributed by atoms with E-state index in [1.807, 2.05) is 24.3 Å². The van der Waals surface area contributed by atoms with Crippen molar-refractivity contribution in [2.75, 3.05) is 22.5 Å². The summed E-state index contributed by atoms with van der Waals surface area (Å²) in [4.78, 5) is 37.3. The largest absolute Gasteiger partial charge is 0.311 e. The zero-order chi connectivity index (χ0) is 22.0. The minimum atomic E-state index is -0.526. The maximum Gasteiger partial charge on any atom is 0.273 e. The lowest BCUT2D eigenvalue weighted by molar-refractivity contribution is -0.385. The van der Waals surface area contributed by atoms with E-state index in [0.717, 1.165) is 29.0 Å². The molecule has 0 saturated carbocycles. The van der Waals surface area contributed by atoms with Crippen molar-refractivity contribution >= 4 is 51.4 Å². The van der Waals surface area contributed by atoms with Crippen LogP contribution >= 0.6 is 23.1 Å². The third-order valence-electron chi connectivity index (χ3n) is 4.80. The second-order valence-corrected chi connectivity index (χ2v) is 9.00. The minimum Gasteiger partial charge on any atom is -0.311 e. The summed E-state index contributed by atoms with van der Waals surface area (Å²) in [5.74, 6) is -0.315. The summed E-state index contributed by atoms with van der Waals surface area (Å²) in [6, 6.07) is 12.1. The Bertz CT molecular complexity index is 1180. The fourth-order valence-corrected chi connectivity index (χ4v) is 4.86. The first-order valence-electron chi connectivity index (χ1n) is 9.33. The van der Waals surface area contributed by atoms with Crippen LogP contribution in [0.25, 0.3) is 0 Å². The molecule has 9 nitrogen and oxygen atoms in total. The van der Waals surface area contributed by atoms with Gasteiger partial charge in [0.15, 0.2) is 4.34 Å². The number of nitrogens with zero attached hydrogens (tertiary/aromatic N) is 4. The number of carbonyl (C=O) groups is 2. The Labute approximate surface area is 185 Å². The first kappa shape index (κ1) is 20.9. The van der Waals surface area contributed by atoms with Gasteiger partial charge >= 0.3 is 0 Å². The van der Waals surface area contributed by atoms with Gasteiger partial charge in [0.1, 0.15) is 0 Å². The van der Waals surface area contributed by atoms with E-state index in [-0.39, 0.29) is 28.0 Å². The molecule has 4 rings (SSSR count). The van der Waals surface area contributed by atoms with Gasteiger partial charge in [0.05, 0.1) is 10.7 Å². The van der Waals surface area contributed by atoms with E-state index in [4.69, 9.17) is 0 Å². The summed E-state index contributed by atoms with van der Waals surface area (Å²) in [5.41, 5.74) is 2.62. The fourth-order valence-electron chi connectivity index (χ4n) is 3.23. The van der Waals surface area contributed by atoms with E-state index in [1.54, 1.807) is 11.8 Å². The summed E-state index contributed by atoms with van der Waals surface area (Å²) >= 11 is 2.40. The molecular formula is C20H17N5O4S2. The molecule has 0 unspecified atom stereocenters. The quantitative estimate of drug-likeness (QED) is 0.261. The third kappa shape index (κ3) is 4.57. The Morgan fingerprint density at radius 2 is 2.06 bits per heavy atom. The molecule has 0 saturated heterocycles. The van der Waals surface area contributed by atoms with Gasteiger partial charge in [0.25, 0.3) is 11.6 Å². The third-order valence-corrected chi connectivity index (χ3v) is 6.76. The Morgan fingerprint density at radius 3 is 2.87 bits per heavy atom. The second-order valence-electron chi connectivity index (χ2n) is 6.80. The molecule has 2 aromatic carbocycles. The van der Waals surface area contributed by atoms with Crippen LogP contribution in [0, 0.1) is 17.0 Å². The lowest BCUT2D eigenvalue weighted by Gasteiger charge is -2.16. The molecule has 3 aromatic rings. The van der Waals surface area contributed by atoms with Gasteiger partial charge in [0, 0.05) is 29.4 Å². The molecule has 1 aliphatic rings. The molecule has 0 fully saturated rings. The fraction of sp³-hybridized carbons (Fsp3) is 0.200. The zero-order valence-corrected chi connectivity index (χ0v) is 18.0. The number of hydrogen-bond acceptors (Lipinski definition) is 8. The molecule has 1 aromatic heterocycles. The summed E-state index contributed by atoms with van der Waals surface area (Å²) in [5, 5.41) is 21.9. The Hall–Kier alpha value is -3.31. The average Bonchev–Trinajstić information content (AvgIpc) is 3.39. The van der Waals surface area contributed by atoms with Crippen LogP contribution < -0.4 is 10.2 Å². The highest BCUT2D eigenvalue weighted by Crippen LogP contribution is 2.30. The number of anilines is 2. The number of rotatable bonds is 6. The van der Waals surface area contributed by atoms with Gasteiger partial charge < -0.3 is 4.90 Å². The van der Waals surface area contributed by atoms with E-state index in [0.29, 0.717) is 16.4 Å². The molecule has 0 spiro atoms. The van der Waals surface area contributed by atoms with Crippen molar-refractivity contribution in [3.05, 3.63) is 69.3 Å². The summed E-state index contributed by atoms with van der Waals surface area (Å²) < 4.78 is 0.547. The molecule has 11 heteroatoms. The van der Waals surface area contributed by atoms with Crippen molar-refractivity contribution in [1.82, 2.24) is 10.2 Å². The highest BCUT2D eigenvalue weighted by atomic mass is 32.2. The smallest absolute Gasteiger partial charge is 0.273 e. The number of aromatic nitrogens is 2. The lowest BCUT2D eigenvalue weighted by Crippen LogP contribution is -2.30. The molecule has 0 atom stereocenters. The van der Waals surface area contributed by atoms with Gasteiger partial charge in [-0.1, -0.05) is 47.4 Å². The predicted octanol–water partition coefficient (Wildman–Crippen LogP) is 3.69. The first-order chi connectivity index (χ1) is 14.9. The zero-order valence-electron chi connectivity index (χ0n) is 16.4. The van der Waals surface area contributed by atoms with E-state index >= 15 is 0 Å². The van der Waals surface area contributed by atoms with Gasteiger partial charge in [-0.2, -0.15) is 0 Å². The second kappa shape index (κ2) is 8.82. The minimum absolute atomic E-state index is 0.0114. The molecule has 31 heavy (non-hydrogen) atoms. The van der Waals surface area contributed by atoms with Crippen molar-refractivity contribution in [2.45, 2.75) is 17.7 Å². The number of carbonyl (C=O) groups excluding carboxylic acids is 2. The van der Waals surface area contributed by atoms with Gasteiger partial charge in [0.2, 0.25) is 11.0 Å². The van der Waals surface area contributed by atoms with Crippen molar-refractivity contribution in [2.24, 2.45) is 0 Å². The monoisotopic (exact) mass is 455 g/mol. The molecule has 0 radical (unpaired) electrons. The maximum absolute atomic E-state index is 12.6. The maximum atomic E-state index is 12.6. The number of aryl methyl sites for hydroxylation is 1. The highest BCUT2D eigenvalue weighted by Gasteiger charge is 2.24. The molecule has 2 amide bonds. The highest BCUT2D eigenvalue weighted by molar-refractivity contribution is 8.01. The van der Waals surface area contributed by atoms with Crippen molar-refractivity contribution < 1.29 is 14.5 Å². The van der Waals surface area contributed by atoms with Crippen LogP contribution in [0.2, 0.25) is 0 Å². The number of nitrogens with one attached hydrogen (secondary N) is 1. The number of fused-ring (bicyclic) bond motifs is 1. The molecule has 1 aliphatic heterocycles. The molecule has 2 heterocycles. The number of benzene rings is 2.